The zero-order valence-corrected chi connectivity index (χ0v) is 13.0. The van der Waals surface area contributed by atoms with Crippen molar-refractivity contribution < 1.29 is 9.13 Å². The van der Waals surface area contributed by atoms with E-state index >= 15 is 0 Å². The monoisotopic (exact) mass is 392 g/mol. The largest absolute Gasteiger partial charge is 0.454 e. The molecule has 0 aromatic heterocycles. The van der Waals surface area contributed by atoms with Crippen LogP contribution >= 0.6 is 43.5 Å². The Hall–Kier alpha value is -0.580. The van der Waals surface area contributed by atoms with Gasteiger partial charge in [-0.05, 0) is 40.2 Å². The van der Waals surface area contributed by atoms with E-state index in [9.17, 15) is 4.39 Å². The van der Waals surface area contributed by atoms with E-state index in [2.05, 4.69) is 31.9 Å². The lowest BCUT2D eigenvalue weighted by atomic mass is 10.2. The van der Waals surface area contributed by atoms with Gasteiger partial charge < -0.3 is 4.74 Å². The highest BCUT2D eigenvalue weighted by Gasteiger charge is 2.11. The molecule has 0 unspecified atom stereocenters. The van der Waals surface area contributed by atoms with Crippen molar-refractivity contribution in [3.63, 3.8) is 0 Å². The summed E-state index contributed by atoms with van der Waals surface area (Å²) in [7, 11) is 0. The Kier molecular flexibility index (Phi) is 4.65. The van der Waals surface area contributed by atoms with Crippen LogP contribution in [0.5, 0.6) is 11.5 Å². The Morgan fingerprint density at radius 3 is 2.67 bits per heavy atom. The first-order valence-corrected chi connectivity index (χ1v) is 7.37. The van der Waals surface area contributed by atoms with Crippen molar-refractivity contribution in [2.45, 2.75) is 5.33 Å². The summed E-state index contributed by atoms with van der Waals surface area (Å²) in [6.45, 7) is 0. The third-order valence-electron chi connectivity index (χ3n) is 2.30. The average Bonchev–Trinajstić information content (AvgIpc) is 2.34. The molecular weight excluding hydrogens is 386 g/mol. The molecule has 0 spiro atoms. The highest BCUT2D eigenvalue weighted by Crippen LogP contribution is 2.37. The van der Waals surface area contributed by atoms with Crippen LogP contribution in [0, 0.1) is 5.82 Å². The van der Waals surface area contributed by atoms with Gasteiger partial charge in [0.05, 0.1) is 9.50 Å². The molecular formula is C13H8Br2ClFO. The van der Waals surface area contributed by atoms with Crippen LogP contribution in [0.25, 0.3) is 0 Å². The Labute approximate surface area is 126 Å². The van der Waals surface area contributed by atoms with E-state index in [-0.39, 0.29) is 5.82 Å². The smallest absolute Gasteiger partial charge is 0.150 e. The second kappa shape index (κ2) is 6.04. The van der Waals surface area contributed by atoms with Crippen molar-refractivity contribution in [3.8, 4) is 11.5 Å². The van der Waals surface area contributed by atoms with Crippen molar-refractivity contribution >= 4 is 43.5 Å². The molecule has 0 aliphatic rings. The Bertz CT molecular complexity index is 575. The molecule has 0 radical (unpaired) electrons. The molecule has 0 heterocycles. The van der Waals surface area contributed by atoms with Crippen molar-refractivity contribution in [3.05, 3.63) is 57.3 Å². The third-order valence-corrected chi connectivity index (χ3v) is 3.82. The van der Waals surface area contributed by atoms with E-state index in [0.29, 0.717) is 26.3 Å². The van der Waals surface area contributed by atoms with Crippen LogP contribution in [0.1, 0.15) is 5.56 Å². The summed E-state index contributed by atoms with van der Waals surface area (Å²) in [5.74, 6) is 0.768. The fourth-order valence-corrected chi connectivity index (χ4v) is 2.55. The maximum atomic E-state index is 13.0. The Morgan fingerprint density at radius 1 is 1.22 bits per heavy atom. The number of hydrogen-bond donors (Lipinski definition) is 0. The van der Waals surface area contributed by atoms with Crippen LogP contribution in [0.3, 0.4) is 0 Å². The van der Waals surface area contributed by atoms with Gasteiger partial charge in [-0.2, -0.15) is 0 Å². The highest BCUT2D eigenvalue weighted by atomic mass is 79.9. The topological polar surface area (TPSA) is 9.23 Å². The summed E-state index contributed by atoms with van der Waals surface area (Å²) in [6.07, 6.45) is 0. The maximum Gasteiger partial charge on any atom is 0.150 e. The van der Waals surface area contributed by atoms with Crippen LogP contribution in [0.4, 0.5) is 4.39 Å². The minimum Gasteiger partial charge on any atom is -0.454 e. The van der Waals surface area contributed by atoms with Gasteiger partial charge in [0.1, 0.15) is 17.3 Å². The normalized spacial score (nSPS) is 10.4. The molecule has 2 rings (SSSR count). The lowest BCUT2D eigenvalue weighted by Crippen LogP contribution is -1.92. The van der Waals surface area contributed by atoms with E-state index in [0.717, 1.165) is 5.56 Å². The number of hydrogen-bond acceptors (Lipinski definition) is 1. The minimum absolute atomic E-state index is 0.325. The Morgan fingerprint density at radius 2 is 2.00 bits per heavy atom. The van der Waals surface area contributed by atoms with Gasteiger partial charge >= 0.3 is 0 Å². The zero-order valence-electron chi connectivity index (χ0n) is 9.09. The SMILES string of the molecule is Fc1ccc(Oc2c(Cl)cccc2CBr)c(Br)c1. The lowest BCUT2D eigenvalue weighted by Gasteiger charge is -2.12. The van der Waals surface area contributed by atoms with Crippen molar-refractivity contribution in [2.75, 3.05) is 0 Å². The van der Waals surface area contributed by atoms with E-state index in [1.165, 1.54) is 12.1 Å². The van der Waals surface area contributed by atoms with Gasteiger partial charge in [-0.15, -0.1) is 0 Å². The van der Waals surface area contributed by atoms with Gasteiger partial charge in [-0.3, -0.25) is 0 Å². The number of para-hydroxylation sites is 1. The quantitative estimate of drug-likeness (QED) is 0.587. The van der Waals surface area contributed by atoms with Gasteiger partial charge in [0.25, 0.3) is 0 Å². The van der Waals surface area contributed by atoms with Gasteiger partial charge in [0.2, 0.25) is 0 Å². The first-order valence-electron chi connectivity index (χ1n) is 5.08. The van der Waals surface area contributed by atoms with Crippen molar-refractivity contribution in [1.29, 1.82) is 0 Å². The molecule has 94 valence electrons. The first-order chi connectivity index (χ1) is 8.61. The first kappa shape index (κ1) is 13.8. The van der Waals surface area contributed by atoms with Crippen LogP contribution in [-0.4, -0.2) is 0 Å². The van der Waals surface area contributed by atoms with Crippen LogP contribution in [0.2, 0.25) is 5.02 Å². The predicted molar refractivity (Wildman–Crippen MR) is 78.3 cm³/mol. The average molecular weight is 394 g/mol. The summed E-state index contributed by atoms with van der Waals surface area (Å²) in [4.78, 5) is 0. The molecule has 2 aromatic carbocycles. The summed E-state index contributed by atoms with van der Waals surface area (Å²) < 4.78 is 19.3. The third kappa shape index (κ3) is 3.05. The van der Waals surface area contributed by atoms with E-state index < -0.39 is 0 Å². The molecule has 0 saturated carbocycles. The van der Waals surface area contributed by atoms with Crippen LogP contribution in [-0.2, 0) is 5.33 Å². The molecule has 0 amide bonds. The fourth-order valence-electron chi connectivity index (χ4n) is 1.44. The van der Waals surface area contributed by atoms with Crippen LogP contribution in [0.15, 0.2) is 40.9 Å². The second-order valence-electron chi connectivity index (χ2n) is 3.54. The number of rotatable bonds is 3. The summed E-state index contributed by atoms with van der Waals surface area (Å²) in [6, 6.07) is 9.75. The molecule has 5 heteroatoms. The highest BCUT2D eigenvalue weighted by molar-refractivity contribution is 9.10. The van der Waals surface area contributed by atoms with E-state index in [1.54, 1.807) is 12.1 Å². The predicted octanol–water partition coefficient (Wildman–Crippen LogP) is 5.93. The molecule has 0 saturated heterocycles. The van der Waals surface area contributed by atoms with Crippen molar-refractivity contribution in [1.82, 2.24) is 0 Å². The zero-order chi connectivity index (χ0) is 13.1. The van der Waals surface area contributed by atoms with Crippen LogP contribution < -0.4 is 4.74 Å². The lowest BCUT2D eigenvalue weighted by molar-refractivity contribution is 0.473. The number of ether oxygens (including phenoxy) is 1. The summed E-state index contributed by atoms with van der Waals surface area (Å²) in [5, 5.41) is 1.14. The van der Waals surface area contributed by atoms with Gasteiger partial charge in [0, 0.05) is 10.9 Å². The number of benzene rings is 2. The van der Waals surface area contributed by atoms with E-state index in [4.69, 9.17) is 16.3 Å². The number of alkyl halides is 1. The van der Waals surface area contributed by atoms with Gasteiger partial charge in [0.15, 0.2) is 0 Å². The molecule has 0 aliphatic carbocycles. The molecule has 0 N–H and O–H groups in total. The molecule has 0 atom stereocenters. The van der Waals surface area contributed by atoms with Gasteiger partial charge in [-0.25, -0.2) is 4.39 Å². The van der Waals surface area contributed by atoms with Crippen molar-refractivity contribution in [2.24, 2.45) is 0 Å². The summed E-state index contributed by atoms with van der Waals surface area (Å²) in [5.41, 5.74) is 0.929. The molecule has 0 fully saturated rings. The van der Waals surface area contributed by atoms with Gasteiger partial charge in [-0.1, -0.05) is 39.7 Å². The fraction of sp³-hybridized carbons (Fsp3) is 0.0769. The minimum atomic E-state index is -0.325. The summed E-state index contributed by atoms with van der Waals surface area (Å²) >= 11 is 12.7. The standard InChI is InChI=1S/C13H8Br2ClFO/c14-7-8-2-1-3-11(16)13(8)18-12-5-4-9(17)6-10(12)15/h1-6H,7H2. The molecule has 2 aromatic rings. The molecule has 0 bridgehead atoms. The Balaban J connectivity index is 2.39. The van der Waals surface area contributed by atoms with E-state index in [1.807, 2.05) is 12.1 Å². The molecule has 18 heavy (non-hydrogen) atoms. The second-order valence-corrected chi connectivity index (χ2v) is 5.36. The maximum absolute atomic E-state index is 13.0. The molecule has 1 nitrogen and oxygen atoms in total. The number of halogens is 4. The molecule has 0 aliphatic heterocycles.